The molecule has 0 spiro atoms. The minimum atomic E-state index is -0.236. The minimum absolute atomic E-state index is 0.00720. The summed E-state index contributed by atoms with van der Waals surface area (Å²) in [5.41, 5.74) is 0.377. The van der Waals surface area contributed by atoms with Crippen LogP contribution in [-0.4, -0.2) is 31.5 Å². The zero-order chi connectivity index (χ0) is 19.5. The van der Waals surface area contributed by atoms with Crippen molar-refractivity contribution < 1.29 is 4.79 Å². The predicted molar refractivity (Wildman–Crippen MR) is 107 cm³/mol. The highest BCUT2D eigenvalue weighted by molar-refractivity contribution is 5.97. The van der Waals surface area contributed by atoms with Crippen molar-refractivity contribution in [3.8, 4) is 5.82 Å². The maximum Gasteiger partial charge on any atom is 0.256 e. The summed E-state index contributed by atoms with van der Waals surface area (Å²) < 4.78 is 3.66. The molecule has 2 aromatic rings. The molecule has 5 atom stereocenters. The summed E-state index contributed by atoms with van der Waals surface area (Å²) in [5.74, 6) is 4.00. The molecule has 3 fully saturated rings. The summed E-state index contributed by atoms with van der Waals surface area (Å²) >= 11 is 0. The summed E-state index contributed by atoms with van der Waals surface area (Å²) in [6, 6.07) is 2.18. The van der Waals surface area contributed by atoms with Gasteiger partial charge >= 0.3 is 0 Å². The van der Waals surface area contributed by atoms with Gasteiger partial charge in [0.1, 0.15) is 5.56 Å². The molecule has 0 aromatic carbocycles. The van der Waals surface area contributed by atoms with Crippen molar-refractivity contribution in [1.29, 1.82) is 0 Å². The topological polar surface area (TPSA) is 64.7 Å². The van der Waals surface area contributed by atoms with E-state index in [-0.39, 0.29) is 11.4 Å². The smallest absolute Gasteiger partial charge is 0.256 e. The van der Waals surface area contributed by atoms with Crippen LogP contribution < -0.4 is 5.32 Å². The van der Waals surface area contributed by atoms with Crippen LogP contribution in [0.5, 0.6) is 0 Å². The minimum Gasteiger partial charge on any atom is -0.349 e. The molecular weight excluding hydrogens is 350 g/mol. The van der Waals surface area contributed by atoms with E-state index >= 15 is 0 Å². The highest BCUT2D eigenvalue weighted by atomic mass is 16.1. The Kier molecular flexibility index (Phi) is 4.14. The van der Waals surface area contributed by atoms with Gasteiger partial charge in [0.2, 0.25) is 0 Å². The first-order chi connectivity index (χ1) is 13.4. The molecule has 6 nitrogen and oxygen atoms in total. The van der Waals surface area contributed by atoms with Crippen molar-refractivity contribution in [3.05, 3.63) is 30.2 Å². The third kappa shape index (κ3) is 2.97. The molecule has 1 N–H and O–H groups in total. The van der Waals surface area contributed by atoms with Crippen LogP contribution in [0.2, 0.25) is 0 Å². The quantitative estimate of drug-likeness (QED) is 0.880. The van der Waals surface area contributed by atoms with Crippen LogP contribution in [0.3, 0.4) is 0 Å². The number of hydrogen-bond acceptors (Lipinski definition) is 3. The predicted octanol–water partition coefficient (Wildman–Crippen LogP) is 3.77. The van der Waals surface area contributed by atoms with E-state index < -0.39 is 0 Å². The lowest BCUT2D eigenvalue weighted by Gasteiger charge is -2.27. The molecule has 0 saturated heterocycles. The second kappa shape index (κ2) is 6.46. The van der Waals surface area contributed by atoms with Gasteiger partial charge in [-0.3, -0.25) is 4.79 Å². The molecule has 0 aliphatic heterocycles. The second-order valence-corrected chi connectivity index (χ2v) is 10.2. The molecule has 150 valence electrons. The van der Waals surface area contributed by atoms with Gasteiger partial charge in [0.05, 0.1) is 11.7 Å². The molecule has 1 amide bonds. The van der Waals surface area contributed by atoms with Crippen LogP contribution in [0.25, 0.3) is 5.82 Å². The van der Waals surface area contributed by atoms with Crippen molar-refractivity contribution in [1.82, 2.24) is 24.9 Å². The first-order valence-electron chi connectivity index (χ1n) is 10.8. The monoisotopic (exact) mass is 381 g/mol. The highest BCUT2D eigenvalue weighted by Gasteiger charge is 2.46. The summed E-state index contributed by atoms with van der Waals surface area (Å²) in [5, 5.41) is 12.4. The van der Waals surface area contributed by atoms with Gasteiger partial charge in [-0.15, -0.1) is 0 Å². The van der Waals surface area contributed by atoms with Crippen LogP contribution in [0.4, 0.5) is 0 Å². The Morgan fingerprint density at radius 1 is 1.11 bits per heavy atom. The number of hydrogen-bond donors (Lipinski definition) is 1. The van der Waals surface area contributed by atoms with Crippen LogP contribution in [0.15, 0.2) is 24.7 Å². The fourth-order valence-electron chi connectivity index (χ4n) is 6.13. The summed E-state index contributed by atoms with van der Waals surface area (Å²) in [4.78, 5) is 13.4. The van der Waals surface area contributed by atoms with Crippen LogP contribution >= 0.6 is 0 Å². The fourth-order valence-corrected chi connectivity index (χ4v) is 6.13. The third-order valence-corrected chi connectivity index (χ3v) is 7.21. The number of nitrogens with zero attached hydrogens (tertiary/aromatic N) is 4. The second-order valence-electron chi connectivity index (χ2n) is 10.2. The molecule has 3 bridgehead atoms. The van der Waals surface area contributed by atoms with Crippen molar-refractivity contribution in [3.63, 3.8) is 0 Å². The van der Waals surface area contributed by atoms with E-state index in [0.717, 1.165) is 30.0 Å². The SMILES string of the molecule is CC(C)(C)n1ncc(C(=O)N[C@H]2CCC3CC4CC(C3)C2C4)c1-n1cccn1. The molecule has 3 saturated carbocycles. The van der Waals surface area contributed by atoms with E-state index in [9.17, 15) is 4.79 Å². The molecule has 4 unspecified atom stereocenters. The standard InChI is InChI=1S/C22H31N5O/c1-22(2,3)27-21(26-8-4-7-23-26)18(13-24-27)20(28)25-19-6-5-14-9-15-11-16(10-14)17(19)12-15/h4,7-8,13-17,19H,5-6,9-12H2,1-3H3,(H,25,28)/t14?,15?,16?,17?,19-/m0/s1. The van der Waals surface area contributed by atoms with Gasteiger partial charge in [-0.25, -0.2) is 9.36 Å². The van der Waals surface area contributed by atoms with Gasteiger partial charge in [-0.05, 0) is 89.0 Å². The van der Waals surface area contributed by atoms with Gasteiger partial charge in [0.15, 0.2) is 5.82 Å². The molecule has 28 heavy (non-hydrogen) atoms. The lowest BCUT2D eigenvalue weighted by molar-refractivity contribution is 0.0912. The average molecular weight is 382 g/mol. The Hall–Kier alpha value is -2.11. The normalized spacial score (nSPS) is 31.8. The van der Waals surface area contributed by atoms with Gasteiger partial charge in [-0.1, -0.05) is 0 Å². The number of nitrogens with one attached hydrogen (secondary N) is 1. The number of aromatic nitrogens is 4. The molecule has 5 rings (SSSR count). The van der Waals surface area contributed by atoms with Crippen LogP contribution in [-0.2, 0) is 5.54 Å². The lowest BCUT2D eigenvalue weighted by atomic mass is 9.80. The van der Waals surface area contributed by atoms with E-state index in [1.807, 2.05) is 16.9 Å². The Bertz CT molecular complexity index is 862. The summed E-state index contributed by atoms with van der Waals surface area (Å²) in [6.45, 7) is 6.28. The highest BCUT2D eigenvalue weighted by Crippen LogP contribution is 2.53. The van der Waals surface area contributed by atoms with Gasteiger partial charge in [0, 0.05) is 18.4 Å². The van der Waals surface area contributed by atoms with Gasteiger partial charge in [0.25, 0.3) is 5.91 Å². The zero-order valence-corrected chi connectivity index (χ0v) is 17.1. The molecule has 6 heteroatoms. The number of fused-ring (bicyclic) bond motifs is 2. The summed E-state index contributed by atoms with van der Waals surface area (Å²) in [7, 11) is 0. The Morgan fingerprint density at radius 2 is 1.93 bits per heavy atom. The fraction of sp³-hybridized carbons (Fsp3) is 0.682. The first kappa shape index (κ1) is 18.0. The van der Waals surface area contributed by atoms with Crippen molar-refractivity contribution in [2.45, 2.75) is 70.9 Å². The number of carbonyl (C=O) groups is 1. The van der Waals surface area contributed by atoms with Gasteiger partial charge < -0.3 is 5.32 Å². The summed E-state index contributed by atoms with van der Waals surface area (Å²) in [6.07, 6.45) is 13.2. The van der Waals surface area contributed by atoms with Crippen LogP contribution in [0, 0.1) is 23.7 Å². The van der Waals surface area contributed by atoms with Crippen LogP contribution in [0.1, 0.15) is 69.7 Å². The van der Waals surface area contributed by atoms with Crippen molar-refractivity contribution >= 4 is 5.91 Å². The molecule has 3 aliphatic rings. The van der Waals surface area contributed by atoms with E-state index in [1.54, 1.807) is 17.1 Å². The molecule has 3 aliphatic carbocycles. The maximum absolute atomic E-state index is 13.4. The van der Waals surface area contributed by atoms with Gasteiger partial charge in [-0.2, -0.15) is 10.2 Å². The Balaban J connectivity index is 1.44. The largest absolute Gasteiger partial charge is 0.349 e. The lowest BCUT2D eigenvalue weighted by Crippen LogP contribution is -2.41. The molecule has 0 radical (unpaired) electrons. The Morgan fingerprint density at radius 3 is 2.68 bits per heavy atom. The number of amides is 1. The maximum atomic E-state index is 13.4. The third-order valence-electron chi connectivity index (χ3n) is 7.21. The average Bonchev–Trinajstić information content (AvgIpc) is 3.34. The van der Waals surface area contributed by atoms with E-state index in [1.165, 1.54) is 32.1 Å². The molecule has 2 heterocycles. The van der Waals surface area contributed by atoms with E-state index in [4.69, 9.17) is 0 Å². The molecule has 2 aromatic heterocycles. The van der Waals surface area contributed by atoms with E-state index in [0.29, 0.717) is 17.5 Å². The van der Waals surface area contributed by atoms with Crippen molar-refractivity contribution in [2.75, 3.05) is 0 Å². The Labute approximate surface area is 166 Å². The first-order valence-corrected chi connectivity index (χ1v) is 10.8. The zero-order valence-electron chi connectivity index (χ0n) is 17.1. The number of carbonyl (C=O) groups excluding carboxylic acids is 1. The molecular formula is C22H31N5O. The number of rotatable bonds is 3. The van der Waals surface area contributed by atoms with Crippen molar-refractivity contribution in [2.24, 2.45) is 23.7 Å². The van der Waals surface area contributed by atoms with E-state index in [2.05, 4.69) is 36.3 Å².